The number of likely N-dealkylation sites (tertiary alicyclic amines) is 2. The van der Waals surface area contributed by atoms with E-state index >= 15 is 0 Å². The van der Waals surface area contributed by atoms with E-state index in [9.17, 15) is 109 Å². The van der Waals surface area contributed by atoms with Gasteiger partial charge in [-0.15, -0.1) is 0 Å². The van der Waals surface area contributed by atoms with Crippen LogP contribution in [0.5, 0.6) is 0 Å². The van der Waals surface area contributed by atoms with Gasteiger partial charge in [-0.1, -0.05) is 64.2 Å². The molecule has 28 atom stereocenters. The summed E-state index contributed by atoms with van der Waals surface area (Å²) in [5, 5.41) is 127. The highest BCUT2D eigenvalue weighted by Gasteiger charge is 2.56. The van der Waals surface area contributed by atoms with E-state index < -0.39 is 280 Å². The summed E-state index contributed by atoms with van der Waals surface area (Å²) >= 11 is 0. The van der Waals surface area contributed by atoms with Crippen molar-refractivity contribution in [2.45, 2.75) is 314 Å². The predicted octanol–water partition coefficient (Wildman–Crippen LogP) is -7.76. The Bertz CT molecular complexity index is 4000. The smallest absolute Gasteiger partial charge is 0.326 e. The minimum Gasteiger partial charge on any atom is -0.394 e. The third-order valence-electron chi connectivity index (χ3n) is 25.9. The van der Waals surface area contributed by atoms with E-state index in [1.54, 1.807) is 9.80 Å². The fourth-order valence-corrected chi connectivity index (χ4v) is 18.4. The van der Waals surface area contributed by atoms with Crippen molar-refractivity contribution in [3.8, 4) is 0 Å². The minimum atomic E-state index is -1.87. The first-order valence-electron chi connectivity index (χ1n) is 45.9. The Morgan fingerprint density at radius 2 is 0.773 bits per heavy atom. The monoisotopic (exact) mass is 1880 g/mol. The number of aliphatic hydroxyl groups excluding tert-OH is 10. The predicted molar refractivity (Wildman–Crippen MR) is 449 cm³/mol. The highest BCUT2D eigenvalue weighted by Crippen LogP contribution is 2.40. The molecule has 742 valence electrons. The van der Waals surface area contributed by atoms with Crippen LogP contribution in [0, 0.1) is 11.8 Å². The largest absolute Gasteiger partial charge is 0.394 e. The van der Waals surface area contributed by atoms with Crippen LogP contribution >= 0.6 is 0 Å². The lowest BCUT2D eigenvalue weighted by Crippen LogP contribution is -2.68. The van der Waals surface area contributed by atoms with Crippen LogP contribution in [-0.2, 0) is 95.1 Å². The fraction of sp³-hybridized carbons (Fsp3) is 0.810. The van der Waals surface area contributed by atoms with E-state index in [0.29, 0.717) is 26.2 Å². The zero-order valence-electron chi connectivity index (χ0n) is 73.9. The highest BCUT2D eigenvalue weighted by molar-refractivity contribution is 5.93. The molecule has 8 heterocycles. The van der Waals surface area contributed by atoms with Crippen molar-refractivity contribution in [3.05, 3.63) is 65.2 Å². The number of aromatic nitrogens is 4. The second-order valence-electron chi connectivity index (χ2n) is 35.5. The van der Waals surface area contributed by atoms with Gasteiger partial charge in [0, 0.05) is 38.3 Å². The van der Waals surface area contributed by atoms with Crippen molar-refractivity contribution in [1.29, 1.82) is 0 Å². The summed E-state index contributed by atoms with van der Waals surface area (Å²) in [6.07, 6.45) is -24.6. The van der Waals surface area contributed by atoms with Crippen molar-refractivity contribution in [1.82, 2.24) is 61.6 Å². The second kappa shape index (κ2) is 49.8. The number of aromatic amines is 4. The summed E-state index contributed by atoms with van der Waals surface area (Å²) in [5.74, 6) is -5.74. The van der Waals surface area contributed by atoms with E-state index in [0.717, 1.165) is 89.2 Å². The van der Waals surface area contributed by atoms with Gasteiger partial charge in [-0.3, -0.25) is 57.9 Å². The summed E-state index contributed by atoms with van der Waals surface area (Å²) < 4.78 is 86.1. The molecule has 2 aromatic heterocycles. The summed E-state index contributed by atoms with van der Waals surface area (Å²) in [4.78, 5) is 172. The van der Waals surface area contributed by atoms with Crippen molar-refractivity contribution < 1.29 is 156 Å². The number of H-pyrrole nitrogens is 4. The Morgan fingerprint density at radius 1 is 0.402 bits per heavy atom. The molecule has 10 aliphatic rings. The van der Waals surface area contributed by atoms with Crippen LogP contribution in [0.2, 0.25) is 0 Å². The molecule has 0 spiro atoms. The van der Waals surface area contributed by atoms with Crippen molar-refractivity contribution in [3.63, 3.8) is 0 Å². The minimum absolute atomic E-state index is 0.0263. The third kappa shape index (κ3) is 28.0. The standard InChI is InChI=1S/C84H130N12O36/c1-41-63(105)67(109)69(111)81(123-41)131-71-45(87-75(113)47-33-55(99)93-83(117)89-47)17-9-19-49(71)127-79-61(73(65(107)53(37-97)129-79)125-51(77(115)95-21-11-22-95)31-43-13-5-3-6-14-43)91-57(101)35-85-59(103)39-121-29-27-119-25-26-120-28-30-122-40-60(104)86-36-58(102)92-62-74(126-52(78(116)96-23-12-24-96)32-44-15-7-4-8-16-44)66(108)54(38-98)130-80(62)128-50-20-10-18-46(88-76(114)48-34-56(100)94-84(118)90-48)72(50)132-82-70(112)68(110)64(106)42(2)124-82/h33-34,41-46,49-54,61-74,79-82,97-98,105-112H,3-32,35-40H2,1-2H3,(H,85,103)(H,86,104)(H,87,113)(H,88,114)(H,91,101)(H,92,102)(H2,89,93,99,117)(H2,90,94,100,118)/t41?,42?,45?,46?,49-,50-,51+,52+,53?,54?,61?,62?,63-,64-,65+,66+,67?,68?,69?,70?,71?,72?,73?,74?,79-,80-,81+,82+/m1/s1. The van der Waals surface area contributed by atoms with Crippen LogP contribution in [0.4, 0.5) is 0 Å². The molecule has 4 aliphatic carbocycles. The number of ether oxygens (including phenoxy) is 14. The molecule has 4 saturated carbocycles. The number of carbonyl (C=O) groups excluding carboxylic acids is 8. The molecular formula is C84H130N12O36. The zero-order chi connectivity index (χ0) is 94.4. The van der Waals surface area contributed by atoms with E-state index in [2.05, 4.69) is 41.9 Å². The van der Waals surface area contributed by atoms with Gasteiger partial charge in [0.15, 0.2) is 25.2 Å². The van der Waals surface area contributed by atoms with Gasteiger partial charge in [0.1, 0.15) is 134 Å². The summed E-state index contributed by atoms with van der Waals surface area (Å²) in [6.45, 7) is 0.260. The molecule has 48 nitrogen and oxygen atoms in total. The number of carbonyl (C=O) groups is 8. The van der Waals surface area contributed by atoms with Gasteiger partial charge in [0.2, 0.25) is 23.6 Å². The highest BCUT2D eigenvalue weighted by atomic mass is 16.8. The molecule has 16 unspecified atom stereocenters. The molecule has 0 aromatic carbocycles. The molecule has 48 heteroatoms. The van der Waals surface area contributed by atoms with E-state index in [4.69, 9.17) is 66.3 Å². The second-order valence-corrected chi connectivity index (χ2v) is 35.5. The van der Waals surface area contributed by atoms with Gasteiger partial charge in [-0.05, 0) is 89.9 Å². The third-order valence-corrected chi connectivity index (χ3v) is 25.9. The summed E-state index contributed by atoms with van der Waals surface area (Å²) in [7, 11) is 0. The average molecular weight is 1880 g/mol. The molecule has 0 bridgehead atoms. The SMILES string of the molecule is CC1O[C@@H](OC2C(NC(=O)c3cc(=O)[nH]c(=O)[nH]3)CCC[C@H]2O[C@@H]2OC(CO)[C@H](O)C(O[C@@H](CC3CCCCC3)C(=O)N3CCC3)C2NC(=O)CNC(=O)COCCOCCOCCOCC(=O)NCC(=O)NC2C(O[C@@H](CC3CCCCC3)C(=O)N3CCC3)[C@@H](O)C(CO)O[C@H]2O[C@@H]2CCCC(NC(=O)c3cc(=O)[nH]c(=O)[nH]3)C2O[C@@H]2OC(C)[C@@H](O)C(O)C2O)C(O)C(O)[C@@H]1O. The molecule has 20 N–H and O–H groups in total. The number of amides is 8. The lowest BCUT2D eigenvalue weighted by Gasteiger charge is -2.49. The normalized spacial score (nSPS) is 33.5. The average Bonchev–Trinajstić information content (AvgIpc) is 0.773. The molecular weight excluding hydrogens is 1750 g/mol. The maximum atomic E-state index is 14.4. The number of aliphatic hydroxyl groups is 10. The van der Waals surface area contributed by atoms with Crippen LogP contribution in [0.25, 0.3) is 0 Å². The fourth-order valence-electron chi connectivity index (χ4n) is 18.4. The lowest BCUT2D eigenvalue weighted by molar-refractivity contribution is -0.334. The molecule has 8 amide bonds. The Hall–Kier alpha value is -7.84. The summed E-state index contributed by atoms with van der Waals surface area (Å²) in [5.41, 5.74) is -4.60. The van der Waals surface area contributed by atoms with Gasteiger partial charge in [-0.2, -0.15) is 0 Å². The first-order chi connectivity index (χ1) is 63.4. The van der Waals surface area contributed by atoms with Crippen molar-refractivity contribution in [2.24, 2.45) is 11.8 Å². The number of hydrogen-bond donors (Lipinski definition) is 20. The Labute approximate surface area is 757 Å². The Morgan fingerprint density at radius 3 is 1.12 bits per heavy atom. The Kier molecular flexibility index (Phi) is 38.9. The van der Waals surface area contributed by atoms with Crippen LogP contribution < -0.4 is 54.4 Å². The van der Waals surface area contributed by atoms with Crippen molar-refractivity contribution >= 4 is 47.3 Å². The maximum Gasteiger partial charge on any atom is 0.326 e. The van der Waals surface area contributed by atoms with Crippen LogP contribution in [-0.4, -0.2) is 405 Å². The van der Waals surface area contributed by atoms with Gasteiger partial charge in [0.05, 0.1) is 102 Å². The quantitative estimate of drug-likeness (QED) is 0.0274. The number of nitrogens with zero attached hydrogens (tertiary/aromatic N) is 2. The number of rotatable bonds is 43. The molecule has 6 saturated heterocycles. The van der Waals surface area contributed by atoms with Gasteiger partial charge in [0.25, 0.3) is 34.7 Å². The van der Waals surface area contributed by atoms with E-state index in [-0.39, 0.29) is 115 Å². The molecule has 0 radical (unpaired) electrons. The molecule has 12 rings (SSSR count). The van der Waals surface area contributed by atoms with Crippen LogP contribution in [0.1, 0.15) is 163 Å². The van der Waals surface area contributed by atoms with Gasteiger partial charge < -0.3 is 169 Å². The Balaban J connectivity index is 0.625. The van der Waals surface area contributed by atoms with E-state index in [1.165, 1.54) is 13.8 Å². The van der Waals surface area contributed by atoms with Crippen LogP contribution in [0.15, 0.2) is 31.3 Å². The molecule has 2 aromatic rings. The van der Waals surface area contributed by atoms with Crippen LogP contribution in [0.3, 0.4) is 0 Å². The molecule has 132 heavy (non-hydrogen) atoms. The summed E-state index contributed by atoms with van der Waals surface area (Å²) in [6, 6.07) is -3.62. The molecule has 6 aliphatic heterocycles. The van der Waals surface area contributed by atoms with Gasteiger partial charge in [-0.25, -0.2) is 9.59 Å². The first-order valence-corrected chi connectivity index (χ1v) is 45.9. The van der Waals surface area contributed by atoms with E-state index in [1.807, 2.05) is 9.97 Å². The number of hydrogen-bond acceptors (Lipinski definition) is 36. The first kappa shape index (κ1) is 103. The number of nitrogens with one attached hydrogen (secondary N) is 10. The lowest BCUT2D eigenvalue weighted by atomic mass is 9.84. The zero-order valence-corrected chi connectivity index (χ0v) is 73.9. The van der Waals surface area contributed by atoms with Gasteiger partial charge >= 0.3 is 11.4 Å². The maximum absolute atomic E-state index is 14.4. The van der Waals surface area contributed by atoms with Crippen molar-refractivity contribution in [2.75, 3.05) is 105 Å². The molecule has 10 fully saturated rings. The topological polar surface area (TPSA) is 678 Å².